The Bertz CT molecular complexity index is 541. The van der Waals surface area contributed by atoms with E-state index in [-0.39, 0.29) is 11.5 Å². The smallest absolute Gasteiger partial charge is 0.250 e. The third kappa shape index (κ3) is 6.57. The molecule has 23 heavy (non-hydrogen) atoms. The Hall–Kier alpha value is -1.62. The van der Waals surface area contributed by atoms with Crippen LogP contribution in [0.4, 0.5) is 0 Å². The topological polar surface area (TPSA) is 54.3 Å². The fourth-order valence-corrected chi connectivity index (χ4v) is 3.13. The lowest BCUT2D eigenvalue weighted by atomic mass is 10.0. The van der Waals surface area contributed by atoms with Gasteiger partial charge >= 0.3 is 0 Å². The summed E-state index contributed by atoms with van der Waals surface area (Å²) in [6.45, 7) is 7.08. The van der Waals surface area contributed by atoms with Gasteiger partial charge in [0, 0.05) is 38.3 Å². The maximum atomic E-state index is 11.8. The third-order valence-corrected chi connectivity index (χ3v) is 4.44. The summed E-state index contributed by atoms with van der Waals surface area (Å²) < 4.78 is 1.57. The van der Waals surface area contributed by atoms with Gasteiger partial charge in [-0.1, -0.05) is 13.0 Å². The summed E-state index contributed by atoms with van der Waals surface area (Å²) in [6.07, 6.45) is 6.89. The zero-order valence-corrected chi connectivity index (χ0v) is 14.2. The number of carbonyl (C=O) groups is 1. The molecule has 1 atom stereocenters. The summed E-state index contributed by atoms with van der Waals surface area (Å²) in [5.74, 6) is 0.845. The molecule has 1 aromatic heterocycles. The van der Waals surface area contributed by atoms with E-state index in [1.807, 2.05) is 0 Å². The number of unbranched alkanes of at least 4 members (excludes halogenated alkanes) is 1. The number of nitrogens with zero attached hydrogens (tertiary/aromatic N) is 2. The Morgan fingerprint density at radius 1 is 1.30 bits per heavy atom. The summed E-state index contributed by atoms with van der Waals surface area (Å²) in [5, 5.41) is 2.95. The van der Waals surface area contributed by atoms with Crippen LogP contribution in [0, 0.1) is 5.92 Å². The number of hydrogen-bond donors (Lipinski definition) is 1. The molecule has 1 N–H and O–H groups in total. The van der Waals surface area contributed by atoms with E-state index in [9.17, 15) is 9.59 Å². The van der Waals surface area contributed by atoms with E-state index in [2.05, 4.69) is 17.1 Å². The molecule has 1 aromatic rings. The molecule has 1 saturated heterocycles. The summed E-state index contributed by atoms with van der Waals surface area (Å²) in [5.41, 5.74) is -0.0592. The zero-order valence-electron chi connectivity index (χ0n) is 14.2. The van der Waals surface area contributed by atoms with Crippen molar-refractivity contribution in [1.82, 2.24) is 14.8 Å². The van der Waals surface area contributed by atoms with Crippen molar-refractivity contribution in [2.45, 2.75) is 45.6 Å². The van der Waals surface area contributed by atoms with Gasteiger partial charge in [-0.3, -0.25) is 9.59 Å². The normalized spacial score (nSPS) is 18.7. The number of amides is 1. The molecule has 2 heterocycles. The van der Waals surface area contributed by atoms with Crippen LogP contribution in [-0.2, 0) is 11.3 Å². The van der Waals surface area contributed by atoms with E-state index >= 15 is 0 Å². The van der Waals surface area contributed by atoms with E-state index in [0.717, 1.165) is 31.8 Å². The van der Waals surface area contributed by atoms with Crippen molar-refractivity contribution in [3.8, 4) is 0 Å². The summed E-state index contributed by atoms with van der Waals surface area (Å²) in [4.78, 5) is 25.9. The van der Waals surface area contributed by atoms with Crippen LogP contribution in [0.1, 0.15) is 39.0 Å². The largest absolute Gasteiger partial charge is 0.356 e. The molecule has 2 rings (SSSR count). The van der Waals surface area contributed by atoms with E-state index in [1.165, 1.54) is 32.0 Å². The summed E-state index contributed by atoms with van der Waals surface area (Å²) in [6, 6.07) is 5.03. The lowest BCUT2D eigenvalue weighted by Gasteiger charge is -2.30. The molecule has 5 heteroatoms. The van der Waals surface area contributed by atoms with Crippen LogP contribution < -0.4 is 10.9 Å². The van der Waals surface area contributed by atoms with Gasteiger partial charge in [-0.05, 0) is 50.8 Å². The van der Waals surface area contributed by atoms with Gasteiger partial charge in [0.25, 0.3) is 5.56 Å². The van der Waals surface area contributed by atoms with E-state index in [0.29, 0.717) is 13.0 Å². The van der Waals surface area contributed by atoms with Crippen LogP contribution in [0.5, 0.6) is 0 Å². The van der Waals surface area contributed by atoms with Crippen molar-refractivity contribution in [3.63, 3.8) is 0 Å². The molecule has 0 aliphatic carbocycles. The van der Waals surface area contributed by atoms with Gasteiger partial charge in [-0.2, -0.15) is 0 Å². The monoisotopic (exact) mass is 319 g/mol. The molecule has 0 aromatic carbocycles. The number of carbonyl (C=O) groups excluding carboxylic acids is 1. The highest BCUT2D eigenvalue weighted by Crippen LogP contribution is 2.15. The first-order valence-corrected chi connectivity index (χ1v) is 8.79. The highest BCUT2D eigenvalue weighted by Gasteiger charge is 2.15. The van der Waals surface area contributed by atoms with Crippen molar-refractivity contribution in [2.75, 3.05) is 26.2 Å². The molecule has 0 spiro atoms. The number of hydrogen-bond acceptors (Lipinski definition) is 3. The average Bonchev–Trinajstić information content (AvgIpc) is 2.54. The van der Waals surface area contributed by atoms with Gasteiger partial charge in [-0.25, -0.2) is 0 Å². The number of likely N-dealkylation sites (tertiary alicyclic amines) is 1. The van der Waals surface area contributed by atoms with Crippen molar-refractivity contribution in [2.24, 2.45) is 5.92 Å². The molecule has 1 aliphatic rings. The molecule has 1 aliphatic heterocycles. The first-order valence-electron chi connectivity index (χ1n) is 8.79. The van der Waals surface area contributed by atoms with E-state index in [4.69, 9.17) is 0 Å². The van der Waals surface area contributed by atoms with Gasteiger partial charge < -0.3 is 14.8 Å². The number of aromatic nitrogens is 1. The Labute approximate surface area is 138 Å². The Kier molecular flexibility index (Phi) is 7.33. The van der Waals surface area contributed by atoms with Gasteiger partial charge in [0.05, 0.1) is 0 Å². The maximum absolute atomic E-state index is 11.8. The number of nitrogens with one attached hydrogen (secondary N) is 1. The fraction of sp³-hybridized carbons (Fsp3) is 0.667. The SMILES string of the molecule is CC1CCCN(CCCCNC(=O)CCn2ccccc2=O)C1. The average molecular weight is 319 g/mol. The lowest BCUT2D eigenvalue weighted by molar-refractivity contribution is -0.121. The van der Waals surface area contributed by atoms with Gasteiger partial charge in [0.1, 0.15) is 0 Å². The predicted octanol–water partition coefficient (Wildman–Crippen LogP) is 1.87. The molecule has 1 unspecified atom stereocenters. The molecule has 0 bridgehead atoms. The summed E-state index contributed by atoms with van der Waals surface area (Å²) in [7, 11) is 0. The number of rotatable bonds is 8. The highest BCUT2D eigenvalue weighted by molar-refractivity contribution is 5.75. The molecule has 1 amide bonds. The fourth-order valence-electron chi connectivity index (χ4n) is 3.13. The molecule has 0 radical (unpaired) electrons. The minimum absolute atomic E-state index is 0.0207. The van der Waals surface area contributed by atoms with Crippen LogP contribution >= 0.6 is 0 Å². The highest BCUT2D eigenvalue weighted by atomic mass is 16.1. The maximum Gasteiger partial charge on any atom is 0.250 e. The van der Waals surface area contributed by atoms with Crippen molar-refractivity contribution in [3.05, 3.63) is 34.7 Å². The molecule has 1 fully saturated rings. The third-order valence-electron chi connectivity index (χ3n) is 4.44. The van der Waals surface area contributed by atoms with Crippen LogP contribution in [0.15, 0.2) is 29.2 Å². The predicted molar refractivity (Wildman–Crippen MR) is 92.4 cm³/mol. The minimum atomic E-state index is -0.0592. The van der Waals surface area contributed by atoms with Crippen molar-refractivity contribution in [1.29, 1.82) is 0 Å². The molecular weight excluding hydrogens is 290 g/mol. The second-order valence-electron chi connectivity index (χ2n) is 6.59. The standard InChI is InChI=1S/C18H29N3O2/c1-16-7-6-12-20(15-16)11-5-3-10-19-17(22)9-14-21-13-4-2-8-18(21)23/h2,4,8,13,16H,3,5-7,9-12,14-15H2,1H3,(H,19,22). The zero-order chi connectivity index (χ0) is 16.5. The van der Waals surface area contributed by atoms with Crippen LogP contribution in [0.25, 0.3) is 0 Å². The van der Waals surface area contributed by atoms with E-state index < -0.39 is 0 Å². The van der Waals surface area contributed by atoms with Crippen molar-refractivity contribution < 1.29 is 4.79 Å². The van der Waals surface area contributed by atoms with Crippen LogP contribution in [0.3, 0.4) is 0 Å². The van der Waals surface area contributed by atoms with Crippen molar-refractivity contribution >= 4 is 5.91 Å². The van der Waals surface area contributed by atoms with Crippen LogP contribution in [-0.4, -0.2) is 41.6 Å². The minimum Gasteiger partial charge on any atom is -0.356 e. The Balaban J connectivity index is 1.53. The lowest BCUT2D eigenvalue weighted by Crippen LogP contribution is -2.35. The number of piperidine rings is 1. The first kappa shape index (κ1) is 17.7. The second kappa shape index (κ2) is 9.50. The number of aryl methyl sites for hydroxylation is 1. The quantitative estimate of drug-likeness (QED) is 0.744. The second-order valence-corrected chi connectivity index (χ2v) is 6.59. The van der Waals surface area contributed by atoms with Gasteiger partial charge in [-0.15, -0.1) is 0 Å². The Morgan fingerprint density at radius 2 is 2.17 bits per heavy atom. The molecule has 0 saturated carbocycles. The van der Waals surface area contributed by atoms with Gasteiger partial charge in [0.15, 0.2) is 0 Å². The van der Waals surface area contributed by atoms with E-state index in [1.54, 1.807) is 22.9 Å². The number of pyridine rings is 1. The molecule has 5 nitrogen and oxygen atoms in total. The first-order chi connectivity index (χ1) is 11.1. The molecular formula is C18H29N3O2. The molecule has 128 valence electrons. The van der Waals surface area contributed by atoms with Gasteiger partial charge in [0.2, 0.25) is 5.91 Å². The van der Waals surface area contributed by atoms with Crippen LogP contribution in [0.2, 0.25) is 0 Å². The Morgan fingerprint density at radius 3 is 2.96 bits per heavy atom. The summed E-state index contributed by atoms with van der Waals surface area (Å²) >= 11 is 0.